The number of anilines is 1. The molecule has 0 fully saturated rings. The van der Waals surface area contributed by atoms with Gasteiger partial charge >= 0.3 is 11.9 Å². The highest BCUT2D eigenvalue weighted by Gasteiger charge is 2.11. The van der Waals surface area contributed by atoms with Gasteiger partial charge in [-0.1, -0.05) is 6.07 Å². The van der Waals surface area contributed by atoms with Crippen molar-refractivity contribution in [1.29, 1.82) is 0 Å². The molecule has 0 spiro atoms. The van der Waals surface area contributed by atoms with Crippen molar-refractivity contribution in [1.82, 2.24) is 0 Å². The molecule has 0 amide bonds. The first kappa shape index (κ1) is 16.1. The molecule has 0 radical (unpaired) electrons. The van der Waals surface area contributed by atoms with Gasteiger partial charge in [-0.2, -0.15) is 5.10 Å². The fourth-order valence-corrected chi connectivity index (χ4v) is 1.69. The van der Waals surface area contributed by atoms with Gasteiger partial charge in [-0.15, -0.1) is 0 Å². The number of carbonyl (C=O) groups is 2. The monoisotopic (exact) mass is 346 g/mol. The maximum Gasteiger partial charge on any atom is 0.352 e. The summed E-state index contributed by atoms with van der Waals surface area (Å²) in [5, 5.41) is 21.1. The largest absolute Gasteiger partial charge is 0.481 e. The van der Waals surface area contributed by atoms with Gasteiger partial charge in [-0.05, 0) is 40.9 Å². The first-order valence-electron chi connectivity index (χ1n) is 5.63. The Balaban J connectivity index is 2.74. The molecule has 0 atom stereocenters. The van der Waals surface area contributed by atoms with Crippen molar-refractivity contribution in [2.75, 3.05) is 5.43 Å². The van der Waals surface area contributed by atoms with Gasteiger partial charge in [-0.25, -0.2) is 9.18 Å². The number of benzene rings is 1. The lowest BCUT2D eigenvalue weighted by molar-refractivity contribution is -0.137. The average molecular weight is 347 g/mol. The molecule has 0 aliphatic carbocycles. The van der Waals surface area contributed by atoms with E-state index < -0.39 is 17.8 Å². The summed E-state index contributed by atoms with van der Waals surface area (Å²) in [6.45, 7) is 0. The first-order valence-corrected chi connectivity index (χ1v) is 6.42. The second-order valence-corrected chi connectivity index (χ2v) is 4.62. The van der Waals surface area contributed by atoms with Crippen LogP contribution in [0.5, 0.6) is 0 Å². The summed E-state index contributed by atoms with van der Waals surface area (Å²) in [5.74, 6) is -2.76. The third-order valence-electron chi connectivity index (χ3n) is 2.31. The maximum atomic E-state index is 13.2. The van der Waals surface area contributed by atoms with E-state index in [1.54, 1.807) is 0 Å². The topological polar surface area (TPSA) is 99.0 Å². The zero-order valence-corrected chi connectivity index (χ0v) is 11.9. The highest BCUT2D eigenvalue weighted by atomic mass is 79.9. The van der Waals surface area contributed by atoms with Crippen molar-refractivity contribution < 1.29 is 24.2 Å². The van der Waals surface area contributed by atoms with Gasteiger partial charge in [0.15, 0.2) is 0 Å². The van der Waals surface area contributed by atoms with Gasteiger partial charge in [0.05, 0.1) is 10.2 Å². The third kappa shape index (κ3) is 4.96. The Labute approximate surface area is 122 Å². The van der Waals surface area contributed by atoms with Gasteiger partial charge < -0.3 is 10.2 Å². The molecule has 0 unspecified atom stereocenters. The summed E-state index contributed by atoms with van der Waals surface area (Å²) < 4.78 is 13.4. The fourth-order valence-electron chi connectivity index (χ4n) is 1.34. The number of hydrogen-bond acceptors (Lipinski definition) is 4. The van der Waals surface area contributed by atoms with Crippen LogP contribution in [0.15, 0.2) is 27.8 Å². The SMILES string of the molecule is O=C(O)CCC/C(=N/Nc1cccc(F)c1Br)C(=O)O. The molecule has 1 aromatic carbocycles. The van der Waals surface area contributed by atoms with Crippen LogP contribution in [0.2, 0.25) is 0 Å². The van der Waals surface area contributed by atoms with Crippen molar-refractivity contribution in [2.45, 2.75) is 19.3 Å². The molecule has 6 nitrogen and oxygen atoms in total. The summed E-state index contributed by atoms with van der Waals surface area (Å²) in [4.78, 5) is 21.3. The van der Waals surface area contributed by atoms with Crippen molar-refractivity contribution in [3.63, 3.8) is 0 Å². The van der Waals surface area contributed by atoms with Crippen LogP contribution in [0.3, 0.4) is 0 Å². The summed E-state index contributed by atoms with van der Waals surface area (Å²) >= 11 is 3.01. The highest BCUT2D eigenvalue weighted by Crippen LogP contribution is 2.25. The van der Waals surface area contributed by atoms with Crippen LogP contribution in [0.4, 0.5) is 10.1 Å². The molecule has 0 aliphatic heterocycles. The molecule has 0 heterocycles. The number of nitrogens with one attached hydrogen (secondary N) is 1. The van der Waals surface area contributed by atoms with E-state index in [1.807, 2.05) is 0 Å². The number of carboxylic acids is 2. The van der Waals surface area contributed by atoms with E-state index in [-0.39, 0.29) is 35.1 Å². The van der Waals surface area contributed by atoms with Crippen LogP contribution in [0.25, 0.3) is 0 Å². The molecular weight excluding hydrogens is 335 g/mol. The molecule has 0 bridgehead atoms. The Hall–Kier alpha value is -1.96. The van der Waals surface area contributed by atoms with Crippen molar-refractivity contribution in [3.05, 3.63) is 28.5 Å². The minimum Gasteiger partial charge on any atom is -0.481 e. The maximum absolute atomic E-state index is 13.2. The Bertz CT molecular complexity index is 548. The Morgan fingerprint density at radius 2 is 2.00 bits per heavy atom. The second-order valence-electron chi connectivity index (χ2n) is 3.82. The van der Waals surface area contributed by atoms with E-state index in [1.165, 1.54) is 18.2 Å². The van der Waals surface area contributed by atoms with E-state index in [0.717, 1.165) is 0 Å². The first-order chi connectivity index (χ1) is 9.41. The number of rotatable bonds is 7. The number of nitrogens with zero attached hydrogens (tertiary/aromatic N) is 1. The number of halogens is 2. The van der Waals surface area contributed by atoms with Gasteiger partial charge in [0.2, 0.25) is 0 Å². The Morgan fingerprint density at radius 1 is 1.30 bits per heavy atom. The predicted octanol–water partition coefficient (Wildman–Crippen LogP) is 2.70. The lowest BCUT2D eigenvalue weighted by Gasteiger charge is -2.06. The number of hydrazone groups is 1. The number of carboxylic acid groups (broad SMARTS) is 2. The van der Waals surface area contributed by atoms with Crippen LogP contribution in [-0.4, -0.2) is 27.9 Å². The minimum absolute atomic E-state index is 0.00156. The molecule has 1 rings (SSSR count). The fraction of sp³-hybridized carbons (Fsp3) is 0.250. The zero-order chi connectivity index (χ0) is 15.1. The lowest BCUT2D eigenvalue weighted by atomic mass is 10.2. The molecular formula is C12H12BrFN2O4. The highest BCUT2D eigenvalue weighted by molar-refractivity contribution is 9.10. The van der Waals surface area contributed by atoms with E-state index in [2.05, 4.69) is 26.5 Å². The quantitative estimate of drug-likeness (QED) is 0.520. The molecule has 1 aromatic rings. The van der Waals surface area contributed by atoms with E-state index in [9.17, 15) is 14.0 Å². The van der Waals surface area contributed by atoms with Crippen molar-refractivity contribution >= 4 is 39.3 Å². The van der Waals surface area contributed by atoms with E-state index >= 15 is 0 Å². The second kappa shape index (κ2) is 7.59. The van der Waals surface area contributed by atoms with Gasteiger partial charge in [0.25, 0.3) is 0 Å². The van der Waals surface area contributed by atoms with E-state index in [4.69, 9.17) is 10.2 Å². The summed E-state index contributed by atoms with van der Waals surface area (Å²) in [6.07, 6.45) is 0.0179. The molecule has 0 saturated heterocycles. The van der Waals surface area contributed by atoms with Crippen LogP contribution in [0, 0.1) is 5.82 Å². The normalized spacial score (nSPS) is 11.2. The molecule has 8 heteroatoms. The molecule has 20 heavy (non-hydrogen) atoms. The predicted molar refractivity (Wildman–Crippen MR) is 74.3 cm³/mol. The number of hydrogen-bond donors (Lipinski definition) is 3. The molecule has 0 aliphatic rings. The Kier molecular flexibility index (Phi) is 6.10. The smallest absolute Gasteiger partial charge is 0.352 e. The van der Waals surface area contributed by atoms with E-state index in [0.29, 0.717) is 0 Å². The molecule has 0 saturated carbocycles. The van der Waals surface area contributed by atoms with Gasteiger partial charge in [0, 0.05) is 6.42 Å². The average Bonchev–Trinajstić information content (AvgIpc) is 2.37. The molecule has 0 aromatic heterocycles. The molecule has 108 valence electrons. The standard InChI is InChI=1S/C12H12BrFN2O4/c13-11-7(14)3-1-4-8(11)15-16-9(12(19)20)5-2-6-10(17)18/h1,3-4,15H,2,5-6H2,(H,17,18)(H,19,20)/b16-9-. The summed E-state index contributed by atoms with van der Waals surface area (Å²) in [7, 11) is 0. The van der Waals surface area contributed by atoms with Gasteiger partial charge in [0.1, 0.15) is 11.5 Å². The molecule has 3 N–H and O–H groups in total. The minimum atomic E-state index is -1.25. The number of aliphatic carboxylic acids is 2. The zero-order valence-electron chi connectivity index (χ0n) is 10.3. The Morgan fingerprint density at radius 3 is 2.60 bits per heavy atom. The third-order valence-corrected chi connectivity index (χ3v) is 3.12. The van der Waals surface area contributed by atoms with Crippen LogP contribution in [-0.2, 0) is 9.59 Å². The van der Waals surface area contributed by atoms with Crippen LogP contribution in [0.1, 0.15) is 19.3 Å². The summed E-state index contributed by atoms with van der Waals surface area (Å²) in [5.41, 5.74) is 2.51. The van der Waals surface area contributed by atoms with Crippen molar-refractivity contribution in [2.24, 2.45) is 5.10 Å². The van der Waals surface area contributed by atoms with Gasteiger partial charge in [-0.3, -0.25) is 10.2 Å². The van der Waals surface area contributed by atoms with Crippen LogP contribution < -0.4 is 5.43 Å². The van der Waals surface area contributed by atoms with Crippen LogP contribution >= 0.6 is 15.9 Å². The van der Waals surface area contributed by atoms with Crippen molar-refractivity contribution in [3.8, 4) is 0 Å². The summed E-state index contributed by atoms with van der Waals surface area (Å²) in [6, 6.07) is 4.21. The lowest BCUT2D eigenvalue weighted by Crippen LogP contribution is -2.15.